The Morgan fingerprint density at radius 2 is 2.13 bits per heavy atom. The van der Waals surface area contributed by atoms with Crippen LogP contribution in [0, 0.1) is 5.92 Å². The van der Waals surface area contributed by atoms with Crippen molar-refractivity contribution in [1.82, 2.24) is 9.55 Å². The molecule has 4 heteroatoms. The van der Waals surface area contributed by atoms with Crippen LogP contribution in [0.1, 0.15) is 32.4 Å². The van der Waals surface area contributed by atoms with Gasteiger partial charge in [-0.2, -0.15) is 0 Å². The molecule has 4 nitrogen and oxygen atoms in total. The van der Waals surface area contributed by atoms with Crippen molar-refractivity contribution in [1.29, 1.82) is 0 Å². The second kappa shape index (κ2) is 5.07. The standard InChI is InChI=1S/C11H19N3O/c1-8(2)14-7-13-6-10(11(14)15)4-9(3)5-12/h6-9H,4-5,12H2,1-3H3. The molecule has 0 fully saturated rings. The first-order valence-corrected chi connectivity index (χ1v) is 5.31. The first-order chi connectivity index (χ1) is 7.06. The van der Waals surface area contributed by atoms with Crippen molar-refractivity contribution in [2.45, 2.75) is 33.2 Å². The van der Waals surface area contributed by atoms with Crippen molar-refractivity contribution in [3.63, 3.8) is 0 Å². The van der Waals surface area contributed by atoms with Crippen molar-refractivity contribution in [2.75, 3.05) is 6.54 Å². The van der Waals surface area contributed by atoms with Gasteiger partial charge in [0.1, 0.15) is 0 Å². The molecule has 15 heavy (non-hydrogen) atoms. The SMILES string of the molecule is CC(CN)Cc1cncn(C(C)C)c1=O. The van der Waals surface area contributed by atoms with Crippen LogP contribution in [0.3, 0.4) is 0 Å². The smallest absolute Gasteiger partial charge is 0.256 e. The van der Waals surface area contributed by atoms with Crippen molar-refractivity contribution < 1.29 is 0 Å². The molecule has 0 bridgehead atoms. The van der Waals surface area contributed by atoms with Crippen LogP contribution < -0.4 is 11.3 Å². The molecule has 1 aromatic heterocycles. The highest BCUT2D eigenvalue weighted by Crippen LogP contribution is 2.04. The Morgan fingerprint density at radius 3 is 2.67 bits per heavy atom. The molecule has 1 aromatic rings. The molecule has 0 radical (unpaired) electrons. The number of aromatic nitrogens is 2. The molecule has 0 aliphatic heterocycles. The Bertz CT molecular complexity index is 370. The average molecular weight is 209 g/mol. The summed E-state index contributed by atoms with van der Waals surface area (Å²) in [4.78, 5) is 16.0. The Kier molecular flexibility index (Phi) is 4.03. The highest BCUT2D eigenvalue weighted by molar-refractivity contribution is 5.06. The van der Waals surface area contributed by atoms with Crippen molar-refractivity contribution in [3.8, 4) is 0 Å². The van der Waals surface area contributed by atoms with Gasteiger partial charge in [-0.15, -0.1) is 0 Å². The third-order valence-electron chi connectivity index (χ3n) is 2.46. The van der Waals surface area contributed by atoms with Crippen LogP contribution in [-0.4, -0.2) is 16.1 Å². The zero-order valence-electron chi connectivity index (χ0n) is 9.60. The van der Waals surface area contributed by atoms with Gasteiger partial charge in [-0.05, 0) is 32.7 Å². The van der Waals surface area contributed by atoms with E-state index in [1.165, 1.54) is 0 Å². The minimum absolute atomic E-state index is 0.0558. The van der Waals surface area contributed by atoms with E-state index in [9.17, 15) is 4.79 Å². The predicted molar refractivity (Wildman–Crippen MR) is 60.8 cm³/mol. The Labute approximate surface area is 90.1 Å². The monoisotopic (exact) mass is 209 g/mol. The molecule has 1 atom stereocenters. The molecule has 0 amide bonds. The van der Waals surface area contributed by atoms with Gasteiger partial charge in [-0.1, -0.05) is 6.92 Å². The Morgan fingerprint density at radius 1 is 1.47 bits per heavy atom. The van der Waals surface area contributed by atoms with Crippen LogP contribution in [0.2, 0.25) is 0 Å². The fourth-order valence-electron chi connectivity index (χ4n) is 1.44. The fourth-order valence-corrected chi connectivity index (χ4v) is 1.44. The third-order valence-corrected chi connectivity index (χ3v) is 2.46. The maximum Gasteiger partial charge on any atom is 0.256 e. The summed E-state index contributed by atoms with van der Waals surface area (Å²) >= 11 is 0. The summed E-state index contributed by atoms with van der Waals surface area (Å²) in [7, 11) is 0. The lowest BCUT2D eigenvalue weighted by Crippen LogP contribution is -2.27. The summed E-state index contributed by atoms with van der Waals surface area (Å²) in [5.74, 6) is 0.322. The van der Waals surface area contributed by atoms with Crippen LogP contribution in [-0.2, 0) is 6.42 Å². The van der Waals surface area contributed by atoms with Gasteiger partial charge in [0.05, 0.1) is 6.33 Å². The maximum atomic E-state index is 11.9. The van der Waals surface area contributed by atoms with E-state index >= 15 is 0 Å². The first kappa shape index (κ1) is 11.9. The third kappa shape index (κ3) is 2.89. The minimum atomic E-state index is 0.0558. The molecule has 0 aliphatic carbocycles. The predicted octanol–water partition coefficient (Wildman–Crippen LogP) is 0.961. The summed E-state index contributed by atoms with van der Waals surface area (Å²) in [6.07, 6.45) is 3.94. The number of nitrogens with two attached hydrogens (primary N) is 1. The summed E-state index contributed by atoms with van der Waals surface area (Å²) in [5, 5.41) is 0. The number of rotatable bonds is 4. The number of nitrogens with zero attached hydrogens (tertiary/aromatic N) is 2. The van der Waals surface area contributed by atoms with Crippen molar-refractivity contribution >= 4 is 0 Å². The topological polar surface area (TPSA) is 60.9 Å². The molecule has 1 rings (SSSR count). The Hall–Kier alpha value is -1.16. The molecule has 0 aliphatic rings. The summed E-state index contributed by atoms with van der Waals surface area (Å²) < 4.78 is 1.65. The van der Waals surface area contributed by atoms with Crippen LogP contribution in [0.5, 0.6) is 0 Å². The van der Waals surface area contributed by atoms with Gasteiger partial charge >= 0.3 is 0 Å². The number of hydrogen-bond donors (Lipinski definition) is 1. The molecule has 0 aromatic carbocycles. The van der Waals surface area contributed by atoms with Crippen LogP contribution >= 0.6 is 0 Å². The zero-order chi connectivity index (χ0) is 11.4. The van der Waals surface area contributed by atoms with Gasteiger partial charge in [-0.3, -0.25) is 9.36 Å². The molecule has 1 unspecified atom stereocenters. The van der Waals surface area contributed by atoms with E-state index in [-0.39, 0.29) is 11.6 Å². The maximum absolute atomic E-state index is 11.9. The Balaban J connectivity index is 3.00. The van der Waals surface area contributed by atoms with Gasteiger partial charge in [0.25, 0.3) is 5.56 Å². The van der Waals surface area contributed by atoms with Gasteiger partial charge in [0, 0.05) is 17.8 Å². The molecular formula is C11H19N3O. The lowest BCUT2D eigenvalue weighted by atomic mass is 10.0. The lowest BCUT2D eigenvalue weighted by Gasteiger charge is -2.12. The molecule has 84 valence electrons. The average Bonchev–Trinajstić information content (AvgIpc) is 2.20. The quantitative estimate of drug-likeness (QED) is 0.803. The minimum Gasteiger partial charge on any atom is -0.330 e. The van der Waals surface area contributed by atoms with E-state index in [1.54, 1.807) is 17.1 Å². The van der Waals surface area contributed by atoms with Gasteiger partial charge in [0.15, 0.2) is 0 Å². The van der Waals surface area contributed by atoms with Crippen molar-refractivity contribution in [2.24, 2.45) is 11.7 Å². The summed E-state index contributed by atoms with van der Waals surface area (Å²) in [6.45, 7) is 6.57. The van der Waals surface area contributed by atoms with Crippen LogP contribution in [0.15, 0.2) is 17.3 Å². The van der Waals surface area contributed by atoms with E-state index in [2.05, 4.69) is 4.98 Å². The largest absolute Gasteiger partial charge is 0.330 e. The zero-order valence-corrected chi connectivity index (χ0v) is 9.60. The molecule has 0 saturated heterocycles. The second-order valence-electron chi connectivity index (χ2n) is 4.27. The molecule has 2 N–H and O–H groups in total. The fraction of sp³-hybridized carbons (Fsp3) is 0.636. The second-order valence-corrected chi connectivity index (χ2v) is 4.27. The van der Waals surface area contributed by atoms with Crippen molar-refractivity contribution in [3.05, 3.63) is 28.4 Å². The van der Waals surface area contributed by atoms with Crippen LogP contribution in [0.25, 0.3) is 0 Å². The highest BCUT2D eigenvalue weighted by atomic mass is 16.1. The molecule has 1 heterocycles. The van der Waals surface area contributed by atoms with Gasteiger partial charge in [0.2, 0.25) is 0 Å². The number of hydrogen-bond acceptors (Lipinski definition) is 3. The van der Waals surface area contributed by atoms with E-state index in [0.717, 1.165) is 5.56 Å². The van der Waals surface area contributed by atoms with E-state index < -0.39 is 0 Å². The van der Waals surface area contributed by atoms with E-state index in [1.807, 2.05) is 20.8 Å². The highest BCUT2D eigenvalue weighted by Gasteiger charge is 2.09. The van der Waals surface area contributed by atoms with E-state index in [4.69, 9.17) is 5.73 Å². The molecule has 0 spiro atoms. The molecular weight excluding hydrogens is 190 g/mol. The summed E-state index contributed by atoms with van der Waals surface area (Å²) in [6, 6.07) is 0.151. The summed E-state index contributed by atoms with van der Waals surface area (Å²) in [5.41, 5.74) is 6.35. The van der Waals surface area contributed by atoms with Gasteiger partial charge in [-0.25, -0.2) is 4.98 Å². The van der Waals surface area contributed by atoms with E-state index in [0.29, 0.717) is 18.9 Å². The lowest BCUT2D eigenvalue weighted by molar-refractivity contribution is 0.541. The van der Waals surface area contributed by atoms with Crippen LogP contribution in [0.4, 0.5) is 0 Å². The normalized spacial score (nSPS) is 13.1. The molecule has 0 saturated carbocycles. The van der Waals surface area contributed by atoms with Gasteiger partial charge < -0.3 is 5.73 Å². The first-order valence-electron chi connectivity index (χ1n) is 5.31.